The lowest BCUT2D eigenvalue weighted by Crippen LogP contribution is -2.56. The van der Waals surface area contributed by atoms with Gasteiger partial charge in [-0.3, -0.25) is 14.5 Å². The quantitative estimate of drug-likeness (QED) is 0.852. The molecule has 2 fully saturated rings. The summed E-state index contributed by atoms with van der Waals surface area (Å²) < 4.78 is 13.7. The van der Waals surface area contributed by atoms with Gasteiger partial charge in [0.25, 0.3) is 0 Å². The summed E-state index contributed by atoms with van der Waals surface area (Å²) in [7, 11) is 0. The summed E-state index contributed by atoms with van der Waals surface area (Å²) in [5, 5.41) is 2.93. The molecule has 2 heterocycles. The summed E-state index contributed by atoms with van der Waals surface area (Å²) >= 11 is 5.75. The van der Waals surface area contributed by atoms with Crippen LogP contribution in [-0.2, 0) is 16.1 Å². The van der Waals surface area contributed by atoms with Crippen molar-refractivity contribution in [1.82, 2.24) is 15.1 Å². The molecule has 0 radical (unpaired) electrons. The molecule has 1 atom stereocenters. The van der Waals surface area contributed by atoms with Crippen LogP contribution in [0.2, 0.25) is 5.02 Å². The number of hydrogen-bond acceptors (Lipinski definition) is 3. The lowest BCUT2D eigenvalue weighted by molar-refractivity contribution is -0.139. The Balaban J connectivity index is 1.66. The average molecular weight is 396 g/mol. The Bertz CT molecular complexity index is 677. The number of piperazine rings is 1. The summed E-state index contributed by atoms with van der Waals surface area (Å²) in [6.45, 7) is 3.13. The molecule has 27 heavy (non-hydrogen) atoms. The fourth-order valence-corrected chi connectivity index (χ4v) is 3.95. The zero-order valence-corrected chi connectivity index (χ0v) is 16.3. The number of halogens is 2. The minimum absolute atomic E-state index is 0.0336. The maximum atomic E-state index is 13.7. The molecule has 0 bridgehead atoms. The third-order valence-electron chi connectivity index (χ3n) is 5.39. The lowest BCUT2D eigenvalue weighted by Gasteiger charge is -2.36. The fraction of sp³-hybridized carbons (Fsp3) is 0.600. The standard InChI is InChI=1S/C20H27ClFN3O2/c21-16-7-6-15(12-17(16)22)14-25-11-8-23-20(27)18(25)13-19(26)24-9-4-2-1-3-5-10-24/h6-7,12,18H,1-5,8-11,13-14H2,(H,23,27). The van der Waals surface area contributed by atoms with Gasteiger partial charge in [-0.05, 0) is 30.5 Å². The molecule has 2 saturated heterocycles. The van der Waals surface area contributed by atoms with Crippen molar-refractivity contribution in [3.05, 3.63) is 34.6 Å². The first kappa shape index (κ1) is 20.1. The van der Waals surface area contributed by atoms with Crippen molar-refractivity contribution in [1.29, 1.82) is 0 Å². The van der Waals surface area contributed by atoms with E-state index >= 15 is 0 Å². The van der Waals surface area contributed by atoms with Gasteiger partial charge in [0.1, 0.15) is 5.82 Å². The van der Waals surface area contributed by atoms with Crippen molar-refractivity contribution in [3.63, 3.8) is 0 Å². The minimum Gasteiger partial charge on any atom is -0.353 e. The molecule has 148 valence electrons. The van der Waals surface area contributed by atoms with E-state index in [4.69, 9.17) is 11.6 Å². The molecule has 7 heteroatoms. The van der Waals surface area contributed by atoms with Crippen LogP contribution in [0.4, 0.5) is 4.39 Å². The summed E-state index contributed by atoms with van der Waals surface area (Å²) in [5.41, 5.74) is 0.746. The van der Waals surface area contributed by atoms with E-state index in [1.54, 1.807) is 6.07 Å². The van der Waals surface area contributed by atoms with Crippen LogP contribution < -0.4 is 5.32 Å². The van der Waals surface area contributed by atoms with Gasteiger partial charge in [0.15, 0.2) is 0 Å². The number of hydrogen-bond donors (Lipinski definition) is 1. The monoisotopic (exact) mass is 395 g/mol. The van der Waals surface area contributed by atoms with Crippen LogP contribution in [0.25, 0.3) is 0 Å². The van der Waals surface area contributed by atoms with Crippen LogP contribution in [0.5, 0.6) is 0 Å². The molecule has 3 rings (SSSR count). The van der Waals surface area contributed by atoms with Gasteiger partial charge in [0.2, 0.25) is 11.8 Å². The first-order valence-electron chi connectivity index (χ1n) is 9.78. The van der Waals surface area contributed by atoms with Crippen molar-refractivity contribution >= 4 is 23.4 Å². The zero-order chi connectivity index (χ0) is 19.2. The van der Waals surface area contributed by atoms with Crippen LogP contribution >= 0.6 is 11.6 Å². The molecule has 2 aliphatic rings. The molecule has 0 saturated carbocycles. The summed E-state index contributed by atoms with van der Waals surface area (Å²) in [4.78, 5) is 29.1. The molecule has 0 aromatic heterocycles. The van der Waals surface area contributed by atoms with Gasteiger partial charge in [-0.2, -0.15) is 0 Å². The number of rotatable bonds is 4. The third kappa shape index (κ3) is 5.42. The second-order valence-corrected chi connectivity index (χ2v) is 7.79. The number of carbonyl (C=O) groups is 2. The smallest absolute Gasteiger partial charge is 0.237 e. The molecule has 1 aromatic rings. The predicted molar refractivity (Wildman–Crippen MR) is 103 cm³/mol. The Morgan fingerprint density at radius 1 is 1.15 bits per heavy atom. The van der Waals surface area contributed by atoms with Crippen LogP contribution in [-0.4, -0.2) is 53.8 Å². The molecule has 1 aromatic carbocycles. The Morgan fingerprint density at radius 2 is 1.85 bits per heavy atom. The highest BCUT2D eigenvalue weighted by atomic mass is 35.5. The van der Waals surface area contributed by atoms with Crippen LogP contribution in [0.1, 0.15) is 44.1 Å². The van der Waals surface area contributed by atoms with Crippen LogP contribution in [0, 0.1) is 5.82 Å². The van der Waals surface area contributed by atoms with Gasteiger partial charge >= 0.3 is 0 Å². The molecular weight excluding hydrogens is 369 g/mol. The molecule has 1 unspecified atom stereocenters. The van der Waals surface area contributed by atoms with Crippen molar-refractivity contribution in [2.45, 2.75) is 51.1 Å². The molecular formula is C20H27ClFN3O2. The van der Waals surface area contributed by atoms with Crippen molar-refractivity contribution < 1.29 is 14.0 Å². The maximum Gasteiger partial charge on any atom is 0.237 e. The Hall–Kier alpha value is -1.66. The van der Waals surface area contributed by atoms with Gasteiger partial charge in [-0.15, -0.1) is 0 Å². The van der Waals surface area contributed by atoms with Crippen molar-refractivity contribution in [3.8, 4) is 0 Å². The van der Waals surface area contributed by atoms with Gasteiger partial charge in [-0.1, -0.05) is 36.9 Å². The van der Waals surface area contributed by atoms with E-state index in [1.807, 2.05) is 9.80 Å². The van der Waals surface area contributed by atoms with E-state index in [9.17, 15) is 14.0 Å². The van der Waals surface area contributed by atoms with Crippen molar-refractivity contribution in [2.75, 3.05) is 26.2 Å². The highest BCUT2D eigenvalue weighted by Crippen LogP contribution is 2.20. The number of amides is 2. The van der Waals surface area contributed by atoms with E-state index in [-0.39, 0.29) is 23.3 Å². The van der Waals surface area contributed by atoms with Crippen LogP contribution in [0.3, 0.4) is 0 Å². The zero-order valence-electron chi connectivity index (χ0n) is 15.6. The Kier molecular flexibility index (Phi) is 7.07. The number of nitrogens with zero attached hydrogens (tertiary/aromatic N) is 2. The Labute approximate surface area is 164 Å². The molecule has 0 aliphatic carbocycles. The highest BCUT2D eigenvalue weighted by molar-refractivity contribution is 6.30. The number of carbonyl (C=O) groups excluding carboxylic acids is 2. The van der Waals surface area contributed by atoms with Crippen LogP contribution in [0.15, 0.2) is 18.2 Å². The normalized spacial score (nSPS) is 22.1. The molecule has 5 nitrogen and oxygen atoms in total. The first-order chi connectivity index (χ1) is 13.0. The number of benzene rings is 1. The lowest BCUT2D eigenvalue weighted by atomic mass is 10.0. The van der Waals surface area contributed by atoms with Gasteiger partial charge < -0.3 is 10.2 Å². The summed E-state index contributed by atoms with van der Waals surface area (Å²) in [6.07, 6.45) is 5.76. The fourth-order valence-electron chi connectivity index (χ4n) is 3.84. The average Bonchev–Trinajstić information content (AvgIpc) is 2.61. The number of likely N-dealkylation sites (tertiary alicyclic amines) is 1. The molecule has 2 aliphatic heterocycles. The third-order valence-corrected chi connectivity index (χ3v) is 5.69. The van der Waals surface area contributed by atoms with E-state index in [0.717, 1.165) is 44.3 Å². The highest BCUT2D eigenvalue weighted by Gasteiger charge is 2.33. The topological polar surface area (TPSA) is 52.7 Å². The van der Waals surface area contributed by atoms with E-state index < -0.39 is 11.9 Å². The first-order valence-corrected chi connectivity index (χ1v) is 10.2. The predicted octanol–water partition coefficient (Wildman–Crippen LogP) is 2.96. The van der Waals surface area contributed by atoms with Gasteiger partial charge in [-0.25, -0.2) is 4.39 Å². The summed E-state index contributed by atoms with van der Waals surface area (Å²) in [6, 6.07) is 4.16. The van der Waals surface area contributed by atoms with E-state index in [0.29, 0.717) is 19.6 Å². The van der Waals surface area contributed by atoms with Gasteiger partial charge in [0, 0.05) is 32.7 Å². The van der Waals surface area contributed by atoms with Crippen molar-refractivity contribution in [2.24, 2.45) is 0 Å². The summed E-state index contributed by atoms with van der Waals surface area (Å²) in [5.74, 6) is -0.564. The number of nitrogens with one attached hydrogen (secondary N) is 1. The molecule has 2 amide bonds. The van der Waals surface area contributed by atoms with E-state index in [2.05, 4.69) is 5.32 Å². The minimum atomic E-state index is -0.518. The second-order valence-electron chi connectivity index (χ2n) is 7.38. The molecule has 1 N–H and O–H groups in total. The SMILES string of the molecule is O=C1NCCN(Cc2ccc(Cl)c(F)c2)C1CC(=O)N1CCCCCCC1. The Morgan fingerprint density at radius 3 is 2.56 bits per heavy atom. The molecule has 0 spiro atoms. The largest absolute Gasteiger partial charge is 0.353 e. The second kappa shape index (κ2) is 9.51. The maximum absolute atomic E-state index is 13.7. The van der Waals surface area contributed by atoms with E-state index in [1.165, 1.54) is 18.6 Å². The van der Waals surface area contributed by atoms with Gasteiger partial charge in [0.05, 0.1) is 17.5 Å².